The summed E-state index contributed by atoms with van der Waals surface area (Å²) in [5.74, 6) is 0.163. The van der Waals surface area contributed by atoms with Crippen molar-refractivity contribution in [3.8, 4) is 5.75 Å². The van der Waals surface area contributed by atoms with Gasteiger partial charge in [-0.3, -0.25) is 14.5 Å². The number of benzene rings is 2. The maximum absolute atomic E-state index is 12.9. The van der Waals surface area contributed by atoms with Crippen LogP contribution in [0.5, 0.6) is 5.75 Å². The fraction of sp³-hybridized carbons (Fsp3) is 0.440. The van der Waals surface area contributed by atoms with Crippen LogP contribution in [-0.4, -0.2) is 55.4 Å². The lowest BCUT2D eigenvalue weighted by molar-refractivity contribution is -0.130. The van der Waals surface area contributed by atoms with Gasteiger partial charge in [-0.15, -0.1) is 0 Å². The van der Waals surface area contributed by atoms with E-state index >= 15 is 0 Å². The van der Waals surface area contributed by atoms with E-state index in [1.807, 2.05) is 18.2 Å². The molecule has 1 fully saturated rings. The summed E-state index contributed by atoms with van der Waals surface area (Å²) in [6, 6.07) is 15.5. The van der Waals surface area contributed by atoms with Gasteiger partial charge < -0.3 is 15.0 Å². The molecule has 0 saturated heterocycles. The highest BCUT2D eigenvalue weighted by Gasteiger charge is 2.19. The number of likely N-dealkylation sites (N-methyl/N-ethyl adjacent to an activating group) is 1. The Morgan fingerprint density at radius 2 is 1.74 bits per heavy atom. The van der Waals surface area contributed by atoms with Gasteiger partial charge in [0.25, 0.3) is 11.8 Å². The fourth-order valence-electron chi connectivity index (χ4n) is 3.90. The van der Waals surface area contributed by atoms with Gasteiger partial charge in [0.1, 0.15) is 5.75 Å². The third-order valence-electron chi connectivity index (χ3n) is 5.84. The van der Waals surface area contributed by atoms with Gasteiger partial charge in [0.15, 0.2) is 6.61 Å². The van der Waals surface area contributed by atoms with Crippen molar-refractivity contribution in [2.24, 2.45) is 0 Å². The monoisotopic (exact) mass is 423 g/mol. The van der Waals surface area contributed by atoms with Crippen LogP contribution in [0, 0.1) is 0 Å². The minimum Gasteiger partial charge on any atom is -0.484 e. The Hall–Kier alpha value is -2.86. The molecule has 0 unspecified atom stereocenters. The summed E-state index contributed by atoms with van der Waals surface area (Å²) in [6.45, 7) is 0.741. The highest BCUT2D eigenvalue weighted by atomic mass is 16.5. The molecule has 0 heterocycles. The average Bonchev–Trinajstić information content (AvgIpc) is 2.79. The first-order valence-electron chi connectivity index (χ1n) is 11.0. The zero-order valence-electron chi connectivity index (χ0n) is 18.8. The molecule has 6 nitrogen and oxygen atoms in total. The average molecular weight is 424 g/mol. The van der Waals surface area contributed by atoms with Gasteiger partial charge in [-0.1, -0.05) is 43.5 Å². The van der Waals surface area contributed by atoms with Gasteiger partial charge in [0.05, 0.1) is 0 Å². The largest absolute Gasteiger partial charge is 0.484 e. The maximum atomic E-state index is 12.9. The predicted molar refractivity (Wildman–Crippen MR) is 123 cm³/mol. The first-order valence-corrected chi connectivity index (χ1v) is 11.0. The van der Waals surface area contributed by atoms with E-state index < -0.39 is 0 Å². The summed E-state index contributed by atoms with van der Waals surface area (Å²) in [4.78, 5) is 28.5. The Bertz CT molecular complexity index is 891. The van der Waals surface area contributed by atoms with Crippen LogP contribution in [0.3, 0.4) is 0 Å². The number of carbonyl (C=O) groups excluding carboxylic acids is 2. The molecular weight excluding hydrogens is 390 g/mol. The Morgan fingerprint density at radius 3 is 2.48 bits per heavy atom. The molecule has 1 aliphatic rings. The fourth-order valence-corrected chi connectivity index (χ4v) is 3.90. The molecule has 6 heteroatoms. The second kappa shape index (κ2) is 11.0. The maximum Gasteiger partial charge on any atom is 0.259 e. The lowest BCUT2D eigenvalue weighted by Gasteiger charge is -2.31. The second-order valence-corrected chi connectivity index (χ2v) is 8.42. The third kappa shape index (κ3) is 6.56. The van der Waals surface area contributed by atoms with Gasteiger partial charge >= 0.3 is 0 Å². The second-order valence-electron chi connectivity index (χ2n) is 8.42. The van der Waals surface area contributed by atoms with Crippen LogP contribution in [0.1, 0.15) is 48.0 Å². The van der Waals surface area contributed by atoms with E-state index in [0.29, 0.717) is 17.4 Å². The van der Waals surface area contributed by atoms with Crippen molar-refractivity contribution in [2.45, 2.75) is 44.7 Å². The summed E-state index contributed by atoms with van der Waals surface area (Å²) in [5.41, 5.74) is 2.42. The molecular formula is C25H33N3O3. The summed E-state index contributed by atoms with van der Waals surface area (Å²) in [6.07, 6.45) is 6.42. The SMILES string of the molecule is CN(C)C(=O)COc1cccc(C(=O)Nc2ccccc2CN(C)C2CCCCC2)c1. The van der Waals surface area contributed by atoms with Crippen molar-refractivity contribution < 1.29 is 14.3 Å². The van der Waals surface area contributed by atoms with Gasteiger partial charge in [-0.05, 0) is 49.7 Å². The Labute approximate surface area is 185 Å². The van der Waals surface area contributed by atoms with Gasteiger partial charge in [0.2, 0.25) is 0 Å². The normalized spacial score (nSPS) is 14.3. The molecule has 166 valence electrons. The Morgan fingerprint density at radius 1 is 1.00 bits per heavy atom. The van der Waals surface area contributed by atoms with Crippen LogP contribution >= 0.6 is 0 Å². The molecule has 1 aliphatic carbocycles. The molecule has 0 atom stereocenters. The van der Waals surface area contributed by atoms with E-state index in [1.54, 1.807) is 38.4 Å². The minimum absolute atomic E-state index is 0.0611. The first kappa shape index (κ1) is 22.8. The molecule has 0 spiro atoms. The number of rotatable bonds is 8. The van der Waals surface area contributed by atoms with E-state index in [2.05, 4.69) is 23.3 Å². The number of amides is 2. The predicted octanol–water partition coefficient (Wildman–Crippen LogP) is 4.17. The van der Waals surface area contributed by atoms with Crippen LogP contribution in [0.2, 0.25) is 0 Å². The topological polar surface area (TPSA) is 61.9 Å². The van der Waals surface area contributed by atoms with Crippen molar-refractivity contribution >= 4 is 17.5 Å². The first-order chi connectivity index (χ1) is 14.9. The number of hydrogen-bond acceptors (Lipinski definition) is 4. The molecule has 0 aliphatic heterocycles. The summed E-state index contributed by atoms with van der Waals surface area (Å²) in [7, 11) is 5.53. The van der Waals surface area contributed by atoms with Crippen molar-refractivity contribution in [1.82, 2.24) is 9.80 Å². The third-order valence-corrected chi connectivity index (χ3v) is 5.84. The number of hydrogen-bond donors (Lipinski definition) is 1. The molecule has 1 N–H and O–H groups in total. The van der Waals surface area contributed by atoms with E-state index in [-0.39, 0.29) is 18.4 Å². The number of nitrogens with one attached hydrogen (secondary N) is 1. The number of ether oxygens (including phenoxy) is 1. The highest BCUT2D eigenvalue weighted by Crippen LogP contribution is 2.25. The molecule has 1 saturated carbocycles. The van der Waals surface area contributed by atoms with Crippen LogP contribution in [0.15, 0.2) is 48.5 Å². The summed E-state index contributed by atoms with van der Waals surface area (Å²) < 4.78 is 5.54. The number of carbonyl (C=O) groups is 2. The molecule has 2 aromatic carbocycles. The van der Waals surface area contributed by atoms with Crippen LogP contribution in [-0.2, 0) is 11.3 Å². The Kier molecular flexibility index (Phi) is 8.06. The van der Waals surface area contributed by atoms with Gasteiger partial charge in [-0.2, -0.15) is 0 Å². The van der Waals surface area contributed by atoms with E-state index in [1.165, 1.54) is 37.0 Å². The lowest BCUT2D eigenvalue weighted by Crippen LogP contribution is -2.33. The van der Waals surface area contributed by atoms with Crippen LogP contribution in [0.4, 0.5) is 5.69 Å². The standard InChI is InChI=1S/C25H33N3O3/c1-27(2)24(29)18-31-22-14-9-11-19(16-22)25(30)26-23-15-8-7-10-20(23)17-28(3)21-12-5-4-6-13-21/h7-11,14-16,21H,4-6,12-13,17-18H2,1-3H3,(H,26,30). The molecule has 2 aromatic rings. The van der Waals surface area contributed by atoms with E-state index in [4.69, 9.17) is 4.74 Å². The molecule has 0 radical (unpaired) electrons. The highest BCUT2D eigenvalue weighted by molar-refractivity contribution is 6.04. The number of anilines is 1. The minimum atomic E-state index is -0.197. The zero-order chi connectivity index (χ0) is 22.2. The van der Waals surface area contributed by atoms with Crippen molar-refractivity contribution in [3.05, 3.63) is 59.7 Å². The number of para-hydroxylation sites is 1. The van der Waals surface area contributed by atoms with E-state index in [0.717, 1.165) is 17.8 Å². The quantitative estimate of drug-likeness (QED) is 0.692. The zero-order valence-corrected chi connectivity index (χ0v) is 18.8. The summed E-state index contributed by atoms with van der Waals surface area (Å²) in [5, 5.41) is 3.05. The van der Waals surface area contributed by atoms with Gasteiger partial charge in [-0.25, -0.2) is 0 Å². The molecule has 0 bridgehead atoms. The molecule has 0 aromatic heterocycles. The molecule has 2 amide bonds. The van der Waals surface area contributed by atoms with E-state index in [9.17, 15) is 9.59 Å². The lowest BCUT2D eigenvalue weighted by atomic mass is 9.94. The van der Waals surface area contributed by atoms with Crippen LogP contribution in [0.25, 0.3) is 0 Å². The van der Waals surface area contributed by atoms with Crippen LogP contribution < -0.4 is 10.1 Å². The molecule has 3 rings (SSSR count). The summed E-state index contributed by atoms with van der Waals surface area (Å²) >= 11 is 0. The van der Waals surface area contributed by atoms with Crippen molar-refractivity contribution in [3.63, 3.8) is 0 Å². The Balaban J connectivity index is 1.65. The van der Waals surface area contributed by atoms with Crippen molar-refractivity contribution in [1.29, 1.82) is 0 Å². The van der Waals surface area contributed by atoms with Gasteiger partial charge in [0, 0.05) is 37.9 Å². The number of nitrogens with zero attached hydrogens (tertiary/aromatic N) is 2. The van der Waals surface area contributed by atoms with Crippen molar-refractivity contribution in [2.75, 3.05) is 33.1 Å². The molecule has 31 heavy (non-hydrogen) atoms. The smallest absolute Gasteiger partial charge is 0.259 e.